The first-order valence-corrected chi connectivity index (χ1v) is 20.6. The molecule has 0 amide bonds. The summed E-state index contributed by atoms with van der Waals surface area (Å²) >= 11 is 1.86. The molecular weight excluding hydrogens is 725 g/mol. The molecule has 0 spiro atoms. The summed E-state index contributed by atoms with van der Waals surface area (Å²) in [5.41, 5.74) is 13.9. The molecule has 0 aliphatic carbocycles. The van der Waals surface area contributed by atoms with Crippen LogP contribution in [0, 0.1) is 0 Å². The quantitative estimate of drug-likeness (QED) is 0.175. The maximum Gasteiger partial charge on any atom is 0.136 e. The lowest BCUT2D eigenvalue weighted by Crippen LogP contribution is -1.94. The second-order valence-corrected chi connectivity index (χ2v) is 16.4. The van der Waals surface area contributed by atoms with Crippen LogP contribution in [-0.4, -0.2) is 9.13 Å². The van der Waals surface area contributed by atoms with Gasteiger partial charge in [-0.3, -0.25) is 0 Å². The van der Waals surface area contributed by atoms with Crippen LogP contribution in [0.25, 0.3) is 119 Å². The molecule has 4 heterocycles. The Morgan fingerprint density at radius 2 is 0.862 bits per heavy atom. The van der Waals surface area contributed by atoms with E-state index in [1.165, 1.54) is 96.8 Å². The highest BCUT2D eigenvalue weighted by Gasteiger charge is 2.19. The number of hydrogen-bond donors (Lipinski definition) is 0. The van der Waals surface area contributed by atoms with Crippen molar-refractivity contribution >= 4 is 97.1 Å². The lowest BCUT2D eigenvalue weighted by molar-refractivity contribution is 0.669. The molecule has 9 aromatic carbocycles. The average Bonchev–Trinajstić information content (AvgIpc) is 4.03. The minimum Gasteiger partial charge on any atom is -0.456 e. The molecule has 13 rings (SSSR count). The van der Waals surface area contributed by atoms with Gasteiger partial charge in [0.05, 0.1) is 22.1 Å². The summed E-state index contributed by atoms with van der Waals surface area (Å²) in [6.45, 7) is 0. The van der Waals surface area contributed by atoms with E-state index >= 15 is 0 Å². The van der Waals surface area contributed by atoms with Crippen LogP contribution < -0.4 is 0 Å². The number of aromatic nitrogens is 2. The minimum absolute atomic E-state index is 0.933. The smallest absolute Gasteiger partial charge is 0.136 e. The number of thiophene rings is 1. The van der Waals surface area contributed by atoms with Gasteiger partial charge in [-0.05, 0) is 101 Å². The summed E-state index contributed by atoms with van der Waals surface area (Å²) in [6, 6.07) is 70.7. The van der Waals surface area contributed by atoms with Gasteiger partial charge in [0.1, 0.15) is 11.2 Å². The standard InChI is InChI=1S/C54H32N2OS/c1-2-10-33(11-3-1)34-18-22-37(23-19-34)55-45-15-7-4-12-39(45)43-30-35(20-26-47(43)55)36-21-27-48-44(31-36)40-13-5-8-16-46(40)56(48)38-24-25-42-52(32-38)58-51-29-28-50-53(54(42)51)41-14-6-9-17-49(41)57-50/h1-32H. The molecule has 0 fully saturated rings. The predicted molar refractivity (Wildman–Crippen MR) is 246 cm³/mol. The molecule has 4 aromatic heterocycles. The fraction of sp³-hybridized carbons (Fsp3) is 0. The lowest BCUT2D eigenvalue weighted by Gasteiger charge is -2.10. The number of rotatable bonds is 4. The van der Waals surface area contributed by atoms with Crippen LogP contribution in [0.5, 0.6) is 0 Å². The second kappa shape index (κ2) is 12.1. The van der Waals surface area contributed by atoms with Gasteiger partial charge in [0.25, 0.3) is 0 Å². The summed E-state index contributed by atoms with van der Waals surface area (Å²) in [5.74, 6) is 0. The van der Waals surface area contributed by atoms with Crippen molar-refractivity contribution in [2.45, 2.75) is 0 Å². The molecule has 0 bridgehead atoms. The third kappa shape index (κ3) is 4.55. The van der Waals surface area contributed by atoms with Gasteiger partial charge in [-0.25, -0.2) is 0 Å². The van der Waals surface area contributed by atoms with E-state index in [1.54, 1.807) is 0 Å². The fourth-order valence-electron chi connectivity index (χ4n) is 9.50. The molecule has 13 aromatic rings. The number of furan rings is 1. The third-order valence-electron chi connectivity index (χ3n) is 12.1. The van der Waals surface area contributed by atoms with Crippen LogP contribution in [-0.2, 0) is 0 Å². The van der Waals surface area contributed by atoms with Crippen LogP contribution in [0.1, 0.15) is 0 Å². The Balaban J connectivity index is 0.943. The molecular formula is C54H32N2OS. The van der Waals surface area contributed by atoms with E-state index in [1.807, 2.05) is 17.4 Å². The second-order valence-electron chi connectivity index (χ2n) is 15.3. The Morgan fingerprint density at radius 1 is 0.310 bits per heavy atom. The van der Waals surface area contributed by atoms with Crippen molar-refractivity contribution < 1.29 is 4.42 Å². The van der Waals surface area contributed by atoms with Crippen molar-refractivity contribution in [1.29, 1.82) is 0 Å². The molecule has 270 valence electrons. The summed E-state index contributed by atoms with van der Waals surface area (Å²) in [6.07, 6.45) is 0. The fourth-order valence-corrected chi connectivity index (χ4v) is 10.7. The molecule has 0 saturated carbocycles. The van der Waals surface area contributed by atoms with Crippen LogP contribution >= 0.6 is 11.3 Å². The first-order chi connectivity index (χ1) is 28.7. The molecule has 0 unspecified atom stereocenters. The average molecular weight is 757 g/mol. The topological polar surface area (TPSA) is 23.0 Å². The number of hydrogen-bond acceptors (Lipinski definition) is 2. The van der Waals surface area contributed by atoms with Gasteiger partial charge in [0.15, 0.2) is 0 Å². The first kappa shape index (κ1) is 31.8. The normalized spacial score (nSPS) is 12.1. The summed E-state index contributed by atoms with van der Waals surface area (Å²) in [7, 11) is 0. The molecule has 0 aliphatic heterocycles. The van der Waals surface area contributed by atoms with Crippen LogP contribution in [0.15, 0.2) is 199 Å². The Bertz CT molecular complexity index is 3790. The van der Waals surface area contributed by atoms with Gasteiger partial charge in [-0.1, -0.05) is 115 Å². The molecule has 0 aliphatic rings. The largest absolute Gasteiger partial charge is 0.456 e. The molecule has 58 heavy (non-hydrogen) atoms. The van der Waals surface area contributed by atoms with Crippen molar-refractivity contribution in [1.82, 2.24) is 9.13 Å². The highest BCUT2D eigenvalue weighted by Crippen LogP contribution is 2.44. The van der Waals surface area contributed by atoms with Gasteiger partial charge in [-0.2, -0.15) is 0 Å². The van der Waals surface area contributed by atoms with Gasteiger partial charge >= 0.3 is 0 Å². The monoisotopic (exact) mass is 756 g/mol. The minimum atomic E-state index is 0.933. The van der Waals surface area contributed by atoms with Gasteiger partial charge in [0, 0.05) is 63.9 Å². The van der Waals surface area contributed by atoms with E-state index in [9.17, 15) is 0 Å². The summed E-state index contributed by atoms with van der Waals surface area (Å²) in [4.78, 5) is 0. The molecule has 4 heteroatoms. The van der Waals surface area contributed by atoms with Crippen molar-refractivity contribution in [2.24, 2.45) is 0 Å². The molecule has 0 radical (unpaired) electrons. The highest BCUT2D eigenvalue weighted by molar-refractivity contribution is 7.26. The van der Waals surface area contributed by atoms with Crippen molar-refractivity contribution in [3.8, 4) is 33.6 Å². The zero-order valence-corrected chi connectivity index (χ0v) is 32.0. The first-order valence-electron chi connectivity index (χ1n) is 19.7. The van der Waals surface area contributed by atoms with Gasteiger partial charge < -0.3 is 13.6 Å². The molecule has 0 atom stereocenters. The Kier molecular flexibility index (Phi) is 6.60. The van der Waals surface area contributed by atoms with Crippen molar-refractivity contribution in [3.63, 3.8) is 0 Å². The van der Waals surface area contributed by atoms with E-state index < -0.39 is 0 Å². The molecule has 3 nitrogen and oxygen atoms in total. The van der Waals surface area contributed by atoms with E-state index in [0.717, 1.165) is 22.5 Å². The Hall–Kier alpha value is -7.40. The van der Waals surface area contributed by atoms with Gasteiger partial charge in [-0.15, -0.1) is 11.3 Å². The van der Waals surface area contributed by atoms with Crippen molar-refractivity contribution in [3.05, 3.63) is 194 Å². The van der Waals surface area contributed by atoms with E-state index in [-0.39, 0.29) is 0 Å². The number of para-hydroxylation sites is 3. The van der Waals surface area contributed by atoms with Crippen LogP contribution in [0.2, 0.25) is 0 Å². The number of nitrogens with zero attached hydrogens (tertiary/aromatic N) is 2. The van der Waals surface area contributed by atoms with E-state index in [2.05, 4.69) is 197 Å². The maximum atomic E-state index is 6.27. The van der Waals surface area contributed by atoms with Crippen LogP contribution in [0.3, 0.4) is 0 Å². The number of benzene rings is 9. The van der Waals surface area contributed by atoms with E-state index in [4.69, 9.17) is 4.42 Å². The third-order valence-corrected chi connectivity index (χ3v) is 13.2. The number of fused-ring (bicyclic) bond motifs is 13. The highest BCUT2D eigenvalue weighted by atomic mass is 32.1. The predicted octanol–water partition coefficient (Wildman–Crippen LogP) is 15.5. The zero-order chi connectivity index (χ0) is 37.9. The van der Waals surface area contributed by atoms with Crippen molar-refractivity contribution in [2.75, 3.05) is 0 Å². The van der Waals surface area contributed by atoms with Crippen LogP contribution in [0.4, 0.5) is 0 Å². The molecule has 0 N–H and O–H groups in total. The maximum absolute atomic E-state index is 6.27. The zero-order valence-electron chi connectivity index (χ0n) is 31.2. The Morgan fingerprint density at radius 3 is 1.57 bits per heavy atom. The van der Waals surface area contributed by atoms with Gasteiger partial charge in [0.2, 0.25) is 0 Å². The summed E-state index contributed by atoms with van der Waals surface area (Å²) < 4.78 is 13.7. The van der Waals surface area contributed by atoms with E-state index in [0.29, 0.717) is 0 Å². The summed E-state index contributed by atoms with van der Waals surface area (Å²) in [5, 5.41) is 9.92. The lowest BCUT2D eigenvalue weighted by atomic mass is 10.0. The SMILES string of the molecule is c1ccc(-c2ccc(-n3c4ccccc4c4cc(-c5ccc6c(c5)c5ccccc5n6-c5ccc6c(c5)sc5ccc7oc8ccccc8c7c56)ccc43)cc2)cc1. The molecule has 0 saturated heterocycles. The Labute approximate surface area is 336 Å².